The molecule has 0 bridgehead atoms. The highest BCUT2D eigenvalue weighted by Gasteiger charge is 2.31. The molecule has 1 unspecified atom stereocenters. The predicted molar refractivity (Wildman–Crippen MR) is 90.9 cm³/mol. The van der Waals surface area contributed by atoms with Crippen molar-refractivity contribution in [3.8, 4) is 5.75 Å². The molecule has 0 N–H and O–H groups in total. The van der Waals surface area contributed by atoms with Crippen molar-refractivity contribution in [2.24, 2.45) is 0 Å². The first-order chi connectivity index (χ1) is 11.7. The van der Waals surface area contributed by atoms with Crippen LogP contribution in [0, 0.1) is 10.1 Å². The lowest BCUT2D eigenvalue weighted by Crippen LogP contribution is -2.15. The fourth-order valence-electron chi connectivity index (χ4n) is 2.20. The number of nitro benzene ring substituents is 1. The van der Waals surface area contributed by atoms with Gasteiger partial charge >= 0.3 is 11.9 Å². The number of ether oxygens (including phenoxy) is 1. The molecule has 0 saturated carbocycles. The summed E-state index contributed by atoms with van der Waals surface area (Å²) in [6.07, 6.45) is -6.97. The van der Waals surface area contributed by atoms with Crippen LogP contribution in [-0.4, -0.2) is 11.1 Å². The highest BCUT2D eigenvalue weighted by molar-refractivity contribution is 9.10. The molecule has 2 rings (SSSR count). The summed E-state index contributed by atoms with van der Waals surface area (Å²) in [6.45, 7) is 0. The average molecular weight is 439 g/mol. The third kappa shape index (κ3) is 5.61. The summed E-state index contributed by atoms with van der Waals surface area (Å²) < 4.78 is 43.9. The molecule has 9 heteroatoms. The Labute approximate surface area is 154 Å². The van der Waals surface area contributed by atoms with Gasteiger partial charge < -0.3 is 4.74 Å². The van der Waals surface area contributed by atoms with Gasteiger partial charge in [0.1, 0.15) is 6.10 Å². The fourth-order valence-corrected chi connectivity index (χ4v) is 2.80. The first-order valence-electron chi connectivity index (χ1n) is 7.09. The van der Waals surface area contributed by atoms with Crippen molar-refractivity contribution in [1.82, 2.24) is 0 Å². The third-order valence-electron chi connectivity index (χ3n) is 3.33. The number of rotatable bonds is 6. The second-order valence-corrected chi connectivity index (χ2v) is 6.47. The summed E-state index contributed by atoms with van der Waals surface area (Å²) in [6, 6.07) is 10.4. The van der Waals surface area contributed by atoms with Crippen LogP contribution in [0.25, 0.3) is 0 Å². The van der Waals surface area contributed by atoms with E-state index >= 15 is 0 Å². The summed E-state index contributed by atoms with van der Waals surface area (Å²) in [4.78, 5) is 10.5. The summed E-state index contributed by atoms with van der Waals surface area (Å²) >= 11 is 9.17. The van der Waals surface area contributed by atoms with Gasteiger partial charge in [-0.2, -0.15) is 13.2 Å². The van der Waals surface area contributed by atoms with Gasteiger partial charge in [-0.1, -0.05) is 45.7 Å². The van der Waals surface area contributed by atoms with Crippen LogP contribution < -0.4 is 4.74 Å². The van der Waals surface area contributed by atoms with E-state index in [1.807, 2.05) is 0 Å². The Morgan fingerprint density at radius 1 is 1.24 bits per heavy atom. The van der Waals surface area contributed by atoms with Crippen molar-refractivity contribution >= 4 is 33.2 Å². The smallest absolute Gasteiger partial charge is 0.389 e. The van der Waals surface area contributed by atoms with Crippen molar-refractivity contribution in [3.63, 3.8) is 0 Å². The minimum atomic E-state index is -4.38. The zero-order chi connectivity index (χ0) is 18.6. The Balaban J connectivity index is 2.37. The Hall–Kier alpha value is -1.80. The molecule has 2 aromatic carbocycles. The number of alkyl halides is 3. The van der Waals surface area contributed by atoms with Crippen molar-refractivity contribution in [3.05, 3.63) is 67.6 Å². The van der Waals surface area contributed by atoms with Gasteiger partial charge in [-0.15, -0.1) is 0 Å². The minimum absolute atomic E-state index is 0.125. The van der Waals surface area contributed by atoms with Crippen molar-refractivity contribution in [2.45, 2.75) is 25.1 Å². The number of benzene rings is 2. The Bertz CT molecular complexity index is 771. The number of nitro groups is 1. The van der Waals surface area contributed by atoms with Crippen molar-refractivity contribution in [1.29, 1.82) is 0 Å². The summed E-state index contributed by atoms with van der Waals surface area (Å²) in [5.41, 5.74) is -0.0101. The number of hydrogen-bond acceptors (Lipinski definition) is 3. The van der Waals surface area contributed by atoms with Crippen molar-refractivity contribution < 1.29 is 22.8 Å². The second-order valence-electron chi connectivity index (χ2n) is 5.15. The molecule has 0 aliphatic carbocycles. The normalized spacial score (nSPS) is 12.7. The molecule has 0 aliphatic heterocycles. The van der Waals surface area contributed by atoms with E-state index in [4.69, 9.17) is 16.3 Å². The van der Waals surface area contributed by atoms with E-state index in [0.29, 0.717) is 10.0 Å². The molecule has 0 radical (unpaired) electrons. The SMILES string of the molecule is O=[N+]([O-])c1cc(Br)ccc1OC(CCC(F)(F)F)c1ccccc1Cl. The summed E-state index contributed by atoms with van der Waals surface area (Å²) in [5.74, 6) is -0.125. The van der Waals surface area contributed by atoms with Gasteiger partial charge in [-0.3, -0.25) is 10.1 Å². The van der Waals surface area contributed by atoms with E-state index in [9.17, 15) is 23.3 Å². The van der Waals surface area contributed by atoms with Gasteiger partial charge in [0.05, 0.1) is 4.92 Å². The van der Waals surface area contributed by atoms with Gasteiger partial charge in [0.25, 0.3) is 0 Å². The summed E-state index contributed by atoms with van der Waals surface area (Å²) in [5, 5.41) is 11.4. The molecule has 0 heterocycles. The highest BCUT2D eigenvalue weighted by Crippen LogP contribution is 2.38. The van der Waals surface area contributed by atoms with Crippen LogP contribution >= 0.6 is 27.5 Å². The Kier molecular flexibility index (Phi) is 6.29. The van der Waals surface area contributed by atoms with Crippen LogP contribution in [0.4, 0.5) is 18.9 Å². The van der Waals surface area contributed by atoms with Gasteiger partial charge in [0, 0.05) is 27.5 Å². The number of nitrogens with zero attached hydrogens (tertiary/aromatic N) is 1. The van der Waals surface area contributed by atoms with E-state index in [1.165, 1.54) is 30.3 Å². The quantitative estimate of drug-likeness (QED) is 0.383. The van der Waals surface area contributed by atoms with E-state index < -0.39 is 30.0 Å². The number of halogens is 5. The molecule has 0 aliphatic rings. The molecule has 0 aromatic heterocycles. The molecule has 2 aromatic rings. The van der Waals surface area contributed by atoms with Crippen molar-refractivity contribution in [2.75, 3.05) is 0 Å². The van der Waals surface area contributed by atoms with E-state index in [2.05, 4.69) is 15.9 Å². The van der Waals surface area contributed by atoms with Crippen LogP contribution in [0.5, 0.6) is 5.75 Å². The van der Waals surface area contributed by atoms with Gasteiger partial charge in [-0.05, 0) is 24.6 Å². The molecule has 0 amide bonds. The Morgan fingerprint density at radius 3 is 2.52 bits per heavy atom. The van der Waals surface area contributed by atoms with E-state index in [-0.39, 0.29) is 16.5 Å². The molecule has 1 atom stereocenters. The molecule has 134 valence electrons. The zero-order valence-electron chi connectivity index (χ0n) is 12.6. The lowest BCUT2D eigenvalue weighted by atomic mass is 10.0. The lowest BCUT2D eigenvalue weighted by Gasteiger charge is -2.21. The maximum atomic E-state index is 12.6. The molecular weight excluding hydrogens is 427 g/mol. The maximum Gasteiger partial charge on any atom is 0.389 e. The van der Waals surface area contributed by atoms with Crippen LogP contribution in [-0.2, 0) is 0 Å². The molecule has 4 nitrogen and oxygen atoms in total. The van der Waals surface area contributed by atoms with E-state index in [1.54, 1.807) is 12.1 Å². The highest BCUT2D eigenvalue weighted by atomic mass is 79.9. The number of hydrogen-bond donors (Lipinski definition) is 0. The predicted octanol–water partition coefficient (Wildman–Crippen LogP) is 6.47. The third-order valence-corrected chi connectivity index (χ3v) is 4.17. The largest absolute Gasteiger partial charge is 0.479 e. The van der Waals surface area contributed by atoms with Crippen LogP contribution in [0.15, 0.2) is 46.9 Å². The standard InChI is InChI=1S/C16H12BrClF3NO3/c17-10-5-6-15(13(9-10)22(23)24)25-14(7-8-16(19,20)21)11-3-1-2-4-12(11)18/h1-6,9,14H,7-8H2. The summed E-state index contributed by atoms with van der Waals surface area (Å²) in [7, 11) is 0. The second kappa shape index (κ2) is 8.05. The zero-order valence-corrected chi connectivity index (χ0v) is 14.9. The molecule has 0 spiro atoms. The van der Waals surface area contributed by atoms with Crippen LogP contribution in [0.3, 0.4) is 0 Å². The van der Waals surface area contributed by atoms with Crippen LogP contribution in [0.2, 0.25) is 5.02 Å². The molecule has 0 saturated heterocycles. The van der Waals surface area contributed by atoms with Gasteiger partial charge in [0.15, 0.2) is 5.75 Å². The molecular formula is C16H12BrClF3NO3. The minimum Gasteiger partial charge on any atom is -0.479 e. The van der Waals surface area contributed by atoms with Gasteiger partial charge in [-0.25, -0.2) is 0 Å². The molecule has 0 fully saturated rings. The lowest BCUT2D eigenvalue weighted by molar-refractivity contribution is -0.386. The maximum absolute atomic E-state index is 12.6. The first-order valence-corrected chi connectivity index (χ1v) is 8.26. The topological polar surface area (TPSA) is 52.4 Å². The van der Waals surface area contributed by atoms with Crippen LogP contribution in [0.1, 0.15) is 24.5 Å². The van der Waals surface area contributed by atoms with E-state index in [0.717, 1.165) is 0 Å². The average Bonchev–Trinajstić information content (AvgIpc) is 2.52. The fraction of sp³-hybridized carbons (Fsp3) is 0.250. The Morgan fingerprint density at radius 2 is 1.92 bits per heavy atom. The molecule has 25 heavy (non-hydrogen) atoms. The monoisotopic (exact) mass is 437 g/mol. The first kappa shape index (κ1) is 19.5. The van der Waals surface area contributed by atoms with Gasteiger partial charge in [0.2, 0.25) is 0 Å².